The van der Waals surface area contributed by atoms with Gasteiger partial charge in [-0.3, -0.25) is 0 Å². The summed E-state index contributed by atoms with van der Waals surface area (Å²) >= 11 is 4.73. The summed E-state index contributed by atoms with van der Waals surface area (Å²) in [6.07, 6.45) is 0. The standard InChI is InChI=1S/C16H12BrN5O2S/c1-22-14(10-5-3-2-4-6-10)19-21-16(22)25-9-13-18-20-15(24-13)11-7-8-12(17)23-11/h2-8H,9H2,1H3. The van der Waals surface area contributed by atoms with Crippen molar-refractivity contribution >= 4 is 27.7 Å². The van der Waals surface area contributed by atoms with E-state index in [1.165, 1.54) is 11.8 Å². The topological polar surface area (TPSA) is 82.8 Å². The van der Waals surface area contributed by atoms with Gasteiger partial charge in [0, 0.05) is 12.6 Å². The second kappa shape index (κ2) is 6.85. The van der Waals surface area contributed by atoms with Crippen LogP contribution in [-0.2, 0) is 12.8 Å². The average Bonchev–Trinajstić information content (AvgIpc) is 3.34. The molecule has 3 heterocycles. The van der Waals surface area contributed by atoms with Crippen LogP contribution < -0.4 is 0 Å². The fourth-order valence-electron chi connectivity index (χ4n) is 2.25. The largest absolute Gasteiger partial charge is 0.444 e. The first-order valence-electron chi connectivity index (χ1n) is 7.36. The molecule has 0 amide bonds. The molecular formula is C16H12BrN5O2S. The average molecular weight is 418 g/mol. The van der Waals surface area contributed by atoms with Gasteiger partial charge in [0.15, 0.2) is 21.4 Å². The fraction of sp³-hybridized carbons (Fsp3) is 0.125. The van der Waals surface area contributed by atoms with Gasteiger partial charge in [-0.25, -0.2) is 0 Å². The van der Waals surface area contributed by atoms with Crippen LogP contribution in [0, 0.1) is 0 Å². The minimum absolute atomic E-state index is 0.351. The van der Waals surface area contributed by atoms with Gasteiger partial charge >= 0.3 is 0 Å². The lowest BCUT2D eigenvalue weighted by molar-refractivity contribution is 0.486. The van der Waals surface area contributed by atoms with E-state index in [9.17, 15) is 0 Å². The summed E-state index contributed by atoms with van der Waals surface area (Å²) in [7, 11) is 1.93. The molecule has 0 atom stereocenters. The molecule has 0 fully saturated rings. The Morgan fingerprint density at radius 2 is 1.84 bits per heavy atom. The predicted octanol–water partition coefficient (Wildman–Crippen LogP) is 4.18. The van der Waals surface area contributed by atoms with Gasteiger partial charge in [0.2, 0.25) is 5.89 Å². The number of nitrogens with zero attached hydrogens (tertiary/aromatic N) is 5. The molecule has 126 valence electrons. The van der Waals surface area contributed by atoms with E-state index in [1.54, 1.807) is 12.1 Å². The molecule has 0 aliphatic heterocycles. The smallest absolute Gasteiger partial charge is 0.283 e. The lowest BCUT2D eigenvalue weighted by Gasteiger charge is -2.02. The molecule has 0 spiro atoms. The second-order valence-corrected chi connectivity index (χ2v) is 6.85. The van der Waals surface area contributed by atoms with Crippen molar-refractivity contribution in [3.63, 3.8) is 0 Å². The van der Waals surface area contributed by atoms with Crippen LogP contribution in [0.25, 0.3) is 23.0 Å². The molecule has 4 aromatic rings. The van der Waals surface area contributed by atoms with Gasteiger partial charge in [-0.15, -0.1) is 20.4 Å². The van der Waals surface area contributed by atoms with Crippen LogP contribution in [-0.4, -0.2) is 25.0 Å². The van der Waals surface area contributed by atoms with Crippen molar-refractivity contribution in [1.29, 1.82) is 0 Å². The Kier molecular flexibility index (Phi) is 4.41. The molecule has 3 aromatic heterocycles. The van der Waals surface area contributed by atoms with Crippen molar-refractivity contribution in [2.75, 3.05) is 0 Å². The van der Waals surface area contributed by atoms with Crippen LogP contribution in [0.4, 0.5) is 0 Å². The Balaban J connectivity index is 1.47. The molecule has 1 aromatic carbocycles. The summed E-state index contributed by atoms with van der Waals surface area (Å²) in [5.74, 6) is 2.69. The van der Waals surface area contributed by atoms with Gasteiger partial charge in [0.05, 0.1) is 5.75 Å². The van der Waals surface area contributed by atoms with Crippen LogP contribution in [0.15, 0.2) is 61.1 Å². The Morgan fingerprint density at radius 1 is 1.00 bits per heavy atom. The van der Waals surface area contributed by atoms with Crippen molar-refractivity contribution in [2.24, 2.45) is 7.05 Å². The van der Waals surface area contributed by atoms with Crippen LogP contribution in [0.2, 0.25) is 0 Å². The zero-order chi connectivity index (χ0) is 17.2. The molecule has 4 rings (SSSR count). The van der Waals surface area contributed by atoms with Crippen molar-refractivity contribution in [3.05, 3.63) is 53.0 Å². The molecule has 0 N–H and O–H groups in total. The number of rotatable bonds is 5. The molecule has 0 aliphatic rings. The molecule has 9 heteroatoms. The van der Waals surface area contributed by atoms with Gasteiger partial charge in [0.25, 0.3) is 5.89 Å². The van der Waals surface area contributed by atoms with E-state index in [4.69, 9.17) is 8.83 Å². The molecule has 0 aliphatic carbocycles. The van der Waals surface area contributed by atoms with Gasteiger partial charge < -0.3 is 13.4 Å². The Labute approximate surface area is 155 Å². The van der Waals surface area contributed by atoms with E-state index in [0.717, 1.165) is 16.5 Å². The normalized spacial score (nSPS) is 11.1. The van der Waals surface area contributed by atoms with Crippen molar-refractivity contribution in [2.45, 2.75) is 10.9 Å². The third kappa shape index (κ3) is 3.38. The number of hydrogen-bond donors (Lipinski definition) is 0. The Morgan fingerprint density at radius 3 is 2.60 bits per heavy atom. The maximum Gasteiger partial charge on any atom is 0.283 e. The maximum absolute atomic E-state index is 5.62. The van der Waals surface area contributed by atoms with Crippen LogP contribution >= 0.6 is 27.7 Å². The van der Waals surface area contributed by atoms with E-state index in [2.05, 4.69) is 36.3 Å². The van der Waals surface area contributed by atoms with E-state index in [1.807, 2.05) is 41.9 Å². The first-order chi connectivity index (χ1) is 12.2. The minimum Gasteiger partial charge on any atom is -0.444 e. The van der Waals surface area contributed by atoms with E-state index >= 15 is 0 Å². The number of halogens is 1. The van der Waals surface area contributed by atoms with Gasteiger partial charge in [-0.1, -0.05) is 42.1 Å². The molecule has 0 saturated carbocycles. The van der Waals surface area contributed by atoms with Gasteiger partial charge in [-0.05, 0) is 28.1 Å². The highest BCUT2D eigenvalue weighted by atomic mass is 79.9. The predicted molar refractivity (Wildman–Crippen MR) is 95.7 cm³/mol. The van der Waals surface area contributed by atoms with E-state index < -0.39 is 0 Å². The zero-order valence-corrected chi connectivity index (χ0v) is 15.5. The molecule has 0 radical (unpaired) electrons. The molecule has 0 saturated heterocycles. The molecule has 25 heavy (non-hydrogen) atoms. The Bertz CT molecular complexity index is 995. The Hall–Kier alpha value is -2.39. The van der Waals surface area contributed by atoms with Gasteiger partial charge in [0.1, 0.15) is 0 Å². The van der Waals surface area contributed by atoms with Crippen molar-refractivity contribution in [3.8, 4) is 23.0 Å². The first kappa shape index (κ1) is 16.1. The molecular weight excluding hydrogens is 406 g/mol. The highest BCUT2D eigenvalue weighted by molar-refractivity contribution is 9.10. The number of furan rings is 1. The number of hydrogen-bond acceptors (Lipinski definition) is 7. The van der Waals surface area contributed by atoms with Crippen LogP contribution in [0.3, 0.4) is 0 Å². The number of aromatic nitrogens is 5. The van der Waals surface area contributed by atoms with Gasteiger partial charge in [-0.2, -0.15) is 0 Å². The van der Waals surface area contributed by atoms with Crippen molar-refractivity contribution < 1.29 is 8.83 Å². The highest BCUT2D eigenvalue weighted by Gasteiger charge is 2.15. The number of thioether (sulfide) groups is 1. The zero-order valence-electron chi connectivity index (χ0n) is 13.1. The van der Waals surface area contributed by atoms with Crippen molar-refractivity contribution in [1.82, 2.24) is 25.0 Å². The van der Waals surface area contributed by atoms with Crippen LogP contribution in [0.5, 0.6) is 0 Å². The number of benzene rings is 1. The maximum atomic E-state index is 5.62. The quantitative estimate of drug-likeness (QED) is 0.450. The summed E-state index contributed by atoms with van der Waals surface area (Å²) < 4.78 is 13.6. The highest BCUT2D eigenvalue weighted by Crippen LogP contribution is 2.27. The first-order valence-corrected chi connectivity index (χ1v) is 9.14. The molecule has 0 bridgehead atoms. The van der Waals surface area contributed by atoms with E-state index in [-0.39, 0.29) is 0 Å². The lowest BCUT2D eigenvalue weighted by atomic mass is 10.2. The second-order valence-electron chi connectivity index (χ2n) is 5.12. The summed E-state index contributed by atoms with van der Waals surface area (Å²) in [5.41, 5.74) is 1.02. The molecule has 7 nitrogen and oxygen atoms in total. The van der Waals surface area contributed by atoms with Crippen LogP contribution in [0.1, 0.15) is 5.89 Å². The summed E-state index contributed by atoms with van der Waals surface area (Å²) in [6.45, 7) is 0. The fourth-order valence-corrected chi connectivity index (χ4v) is 3.30. The monoisotopic (exact) mass is 417 g/mol. The summed E-state index contributed by atoms with van der Waals surface area (Å²) in [6, 6.07) is 13.5. The SMILES string of the molecule is Cn1c(SCc2nnc(-c3ccc(Br)o3)o2)nnc1-c1ccccc1. The lowest BCUT2D eigenvalue weighted by Crippen LogP contribution is -1.95. The third-order valence-corrected chi connectivity index (χ3v) is 4.87. The third-order valence-electron chi connectivity index (χ3n) is 3.44. The summed E-state index contributed by atoms with van der Waals surface area (Å²) in [5, 5.41) is 17.3. The van der Waals surface area contributed by atoms with E-state index in [0.29, 0.717) is 28.0 Å². The molecule has 0 unspecified atom stereocenters. The minimum atomic E-state index is 0.351. The summed E-state index contributed by atoms with van der Waals surface area (Å²) in [4.78, 5) is 0.